The summed E-state index contributed by atoms with van der Waals surface area (Å²) in [6.07, 6.45) is 0. The standard InChI is InChI=1S/C29H29N5O9S/c1-16(35)43-14-18-15-44-26-22(25(37)34(26)23(18)27(38)39)30-24(36)21(17-6-4-3-5-7-17)31-28(40)33-13-12-32(29(33)41)19-8-10-20(42-2)11-9-19/h3-11,21-22,26H,12-15H2,1-2H3,(H,30,36)(H,31,40)(H,38,39)/t21?,22?,26-/m0/s1. The van der Waals surface area contributed by atoms with Gasteiger partial charge in [-0.2, -0.15) is 0 Å². The maximum Gasteiger partial charge on any atom is 0.352 e. The number of aliphatic carboxylic acids is 1. The van der Waals surface area contributed by atoms with E-state index in [4.69, 9.17) is 9.47 Å². The predicted molar refractivity (Wildman–Crippen MR) is 156 cm³/mol. The number of nitrogens with zero attached hydrogens (tertiary/aromatic N) is 3. The first-order chi connectivity index (χ1) is 21.1. The largest absolute Gasteiger partial charge is 0.497 e. The van der Waals surface area contributed by atoms with E-state index < -0.39 is 53.3 Å². The lowest BCUT2D eigenvalue weighted by Gasteiger charge is -2.49. The van der Waals surface area contributed by atoms with Gasteiger partial charge in [0.2, 0.25) is 5.91 Å². The van der Waals surface area contributed by atoms with Crippen LogP contribution in [0.25, 0.3) is 0 Å². The fourth-order valence-corrected chi connectivity index (χ4v) is 6.42. The van der Waals surface area contributed by atoms with Crippen LogP contribution in [0.3, 0.4) is 0 Å². The summed E-state index contributed by atoms with van der Waals surface area (Å²) in [5.74, 6) is -2.54. The van der Waals surface area contributed by atoms with Gasteiger partial charge in [-0.25, -0.2) is 19.3 Å². The van der Waals surface area contributed by atoms with Gasteiger partial charge in [0, 0.05) is 30.5 Å². The molecule has 5 rings (SSSR count). The molecule has 230 valence electrons. The lowest BCUT2D eigenvalue weighted by atomic mass is 10.0. The fourth-order valence-electron chi connectivity index (χ4n) is 5.09. The highest BCUT2D eigenvalue weighted by Gasteiger charge is 2.54. The Morgan fingerprint density at radius 1 is 1.05 bits per heavy atom. The maximum absolute atomic E-state index is 13.6. The van der Waals surface area contributed by atoms with Gasteiger partial charge in [-0.05, 0) is 29.8 Å². The molecular weight excluding hydrogens is 594 g/mol. The molecule has 6 amide bonds. The molecule has 2 aromatic rings. The van der Waals surface area contributed by atoms with Gasteiger partial charge in [-0.15, -0.1) is 11.8 Å². The van der Waals surface area contributed by atoms with E-state index in [1.807, 2.05) is 0 Å². The molecule has 44 heavy (non-hydrogen) atoms. The second kappa shape index (κ2) is 12.7. The van der Waals surface area contributed by atoms with E-state index in [9.17, 15) is 33.9 Å². The van der Waals surface area contributed by atoms with E-state index in [1.165, 1.54) is 30.7 Å². The summed E-state index contributed by atoms with van der Waals surface area (Å²) in [6.45, 7) is 1.24. The minimum absolute atomic E-state index is 0.0780. The number of imide groups is 1. The molecule has 0 radical (unpaired) electrons. The summed E-state index contributed by atoms with van der Waals surface area (Å²) in [6, 6.07) is 11.4. The Kier molecular flexibility index (Phi) is 8.76. The van der Waals surface area contributed by atoms with Gasteiger partial charge in [0.15, 0.2) is 0 Å². The number of esters is 1. The number of urea groups is 2. The number of methoxy groups -OCH3 is 1. The van der Waals surface area contributed by atoms with Crippen molar-refractivity contribution in [2.45, 2.75) is 24.4 Å². The van der Waals surface area contributed by atoms with Gasteiger partial charge >= 0.3 is 24.0 Å². The number of thioether (sulfide) groups is 1. The number of carboxylic acid groups (broad SMARTS) is 1. The Morgan fingerprint density at radius 3 is 2.39 bits per heavy atom. The molecule has 2 saturated heterocycles. The quantitative estimate of drug-likeness (QED) is 0.275. The highest BCUT2D eigenvalue weighted by Crippen LogP contribution is 2.40. The highest BCUT2D eigenvalue weighted by molar-refractivity contribution is 8.00. The number of anilines is 1. The van der Waals surface area contributed by atoms with Gasteiger partial charge < -0.3 is 25.2 Å². The van der Waals surface area contributed by atoms with Crippen LogP contribution in [0.15, 0.2) is 65.9 Å². The number of carboxylic acids is 1. The van der Waals surface area contributed by atoms with Gasteiger partial charge in [0.1, 0.15) is 35.5 Å². The SMILES string of the molecule is COc1ccc(N2CCN(C(=O)NC(C(=O)NC3C(=O)N4C(C(=O)O)=C(COC(C)=O)CS[C@@H]34)c3ccccc3)C2=O)cc1. The zero-order valence-electron chi connectivity index (χ0n) is 23.7. The molecule has 0 saturated carbocycles. The van der Waals surface area contributed by atoms with E-state index in [0.717, 1.165) is 9.80 Å². The molecule has 2 aromatic carbocycles. The fraction of sp³-hybridized carbons (Fsp3) is 0.310. The van der Waals surface area contributed by atoms with Crippen molar-refractivity contribution >= 4 is 53.3 Å². The average molecular weight is 624 g/mol. The van der Waals surface area contributed by atoms with E-state index in [2.05, 4.69) is 10.6 Å². The topological polar surface area (TPSA) is 175 Å². The van der Waals surface area contributed by atoms with Crippen LogP contribution >= 0.6 is 11.8 Å². The second-order valence-corrected chi connectivity index (χ2v) is 11.1. The third-order valence-electron chi connectivity index (χ3n) is 7.30. The van der Waals surface area contributed by atoms with Crippen molar-refractivity contribution in [2.75, 3.05) is 37.5 Å². The van der Waals surface area contributed by atoms with Crippen LogP contribution in [0.5, 0.6) is 5.75 Å². The number of rotatable bonds is 9. The molecule has 15 heteroatoms. The van der Waals surface area contributed by atoms with E-state index in [-0.39, 0.29) is 36.7 Å². The lowest BCUT2D eigenvalue weighted by molar-refractivity contribution is -0.151. The van der Waals surface area contributed by atoms with Crippen molar-refractivity contribution in [1.82, 2.24) is 20.4 Å². The highest BCUT2D eigenvalue weighted by atomic mass is 32.2. The number of β-lactam (4-membered cyclic amide) rings is 1. The van der Waals surface area contributed by atoms with Crippen LogP contribution in [0.1, 0.15) is 18.5 Å². The summed E-state index contributed by atoms with van der Waals surface area (Å²) in [4.78, 5) is 79.9. The first-order valence-electron chi connectivity index (χ1n) is 13.5. The Balaban J connectivity index is 1.29. The van der Waals surface area contributed by atoms with Crippen molar-refractivity contribution in [2.24, 2.45) is 0 Å². The summed E-state index contributed by atoms with van der Waals surface area (Å²) in [5, 5.41) is 14.3. The average Bonchev–Trinajstić information content (AvgIpc) is 3.42. The first kappa shape index (κ1) is 30.4. The number of benzene rings is 2. The number of hydrogen-bond donors (Lipinski definition) is 3. The molecular formula is C29H29N5O9S. The van der Waals surface area contributed by atoms with Gasteiger partial charge in [-0.1, -0.05) is 30.3 Å². The molecule has 0 aliphatic carbocycles. The molecule has 3 N–H and O–H groups in total. The molecule has 14 nitrogen and oxygen atoms in total. The Bertz CT molecular complexity index is 1530. The lowest BCUT2D eigenvalue weighted by Crippen LogP contribution is -2.71. The number of ether oxygens (including phenoxy) is 2. The molecule has 3 aliphatic heterocycles. The van der Waals surface area contributed by atoms with Crippen molar-refractivity contribution in [3.63, 3.8) is 0 Å². The summed E-state index contributed by atoms with van der Waals surface area (Å²) in [5.41, 5.74) is 0.965. The molecule has 3 atom stereocenters. The van der Waals surface area contributed by atoms with Crippen LogP contribution < -0.4 is 20.3 Å². The van der Waals surface area contributed by atoms with Crippen LogP contribution in [0.4, 0.5) is 15.3 Å². The number of fused-ring (bicyclic) bond motifs is 1. The van der Waals surface area contributed by atoms with E-state index >= 15 is 0 Å². The van der Waals surface area contributed by atoms with Gasteiger partial charge in [0.25, 0.3) is 5.91 Å². The van der Waals surface area contributed by atoms with E-state index in [1.54, 1.807) is 54.6 Å². The number of carbonyl (C=O) groups excluding carboxylic acids is 5. The molecule has 2 unspecified atom stereocenters. The Hall–Kier alpha value is -5.05. The molecule has 0 bridgehead atoms. The van der Waals surface area contributed by atoms with Crippen molar-refractivity contribution in [3.05, 3.63) is 71.4 Å². The third kappa shape index (κ3) is 5.90. The summed E-state index contributed by atoms with van der Waals surface area (Å²) < 4.78 is 10.1. The Morgan fingerprint density at radius 2 is 1.75 bits per heavy atom. The molecule has 2 fully saturated rings. The number of carbonyl (C=O) groups is 6. The second-order valence-electron chi connectivity index (χ2n) is 10.0. The minimum atomic E-state index is -1.36. The zero-order valence-corrected chi connectivity index (χ0v) is 24.5. The number of hydrogen-bond acceptors (Lipinski definition) is 9. The molecule has 0 spiro atoms. The third-order valence-corrected chi connectivity index (χ3v) is 8.64. The van der Waals surface area contributed by atoms with Crippen LogP contribution in [0.2, 0.25) is 0 Å². The van der Waals surface area contributed by atoms with Crippen LogP contribution in [0, 0.1) is 0 Å². The molecule has 3 heterocycles. The number of amides is 6. The number of nitrogens with one attached hydrogen (secondary N) is 2. The van der Waals surface area contributed by atoms with Gasteiger partial charge in [-0.3, -0.25) is 24.2 Å². The smallest absolute Gasteiger partial charge is 0.352 e. The molecule has 3 aliphatic rings. The van der Waals surface area contributed by atoms with Crippen molar-refractivity contribution < 1.29 is 43.3 Å². The first-order valence-corrected chi connectivity index (χ1v) is 14.6. The normalized spacial score (nSPS) is 20.0. The van der Waals surface area contributed by atoms with Gasteiger partial charge in [0.05, 0.1) is 13.7 Å². The van der Waals surface area contributed by atoms with Crippen molar-refractivity contribution in [3.8, 4) is 5.75 Å². The van der Waals surface area contributed by atoms with Crippen LogP contribution in [-0.2, 0) is 23.9 Å². The maximum atomic E-state index is 13.6. The monoisotopic (exact) mass is 623 g/mol. The summed E-state index contributed by atoms with van der Waals surface area (Å²) in [7, 11) is 1.53. The molecule has 0 aromatic heterocycles. The summed E-state index contributed by atoms with van der Waals surface area (Å²) >= 11 is 1.21. The van der Waals surface area contributed by atoms with Crippen molar-refractivity contribution in [1.29, 1.82) is 0 Å². The zero-order chi connectivity index (χ0) is 31.5. The Labute approximate surface area is 255 Å². The predicted octanol–water partition coefficient (Wildman–Crippen LogP) is 1.69. The minimum Gasteiger partial charge on any atom is -0.497 e. The van der Waals surface area contributed by atoms with E-state index in [0.29, 0.717) is 17.0 Å². The van der Waals surface area contributed by atoms with Crippen LogP contribution in [-0.4, -0.2) is 94.7 Å².